The molecule has 2 aliphatic heterocycles. The lowest BCUT2D eigenvalue weighted by Crippen LogP contribution is -2.47. The molecule has 0 unspecified atom stereocenters. The Hall–Kier alpha value is -4.40. The molecule has 3 aromatic carbocycles. The number of thioether (sulfide) groups is 1. The minimum absolute atomic E-state index is 0.00372. The van der Waals surface area contributed by atoms with Crippen LogP contribution in [0, 0.1) is 5.41 Å². The Balaban J connectivity index is 1.10. The van der Waals surface area contributed by atoms with E-state index in [0.717, 1.165) is 127 Å². The van der Waals surface area contributed by atoms with Gasteiger partial charge in [0.2, 0.25) is 5.91 Å². The summed E-state index contributed by atoms with van der Waals surface area (Å²) in [6.07, 6.45) is 8.11. The van der Waals surface area contributed by atoms with Crippen molar-refractivity contribution >= 4 is 54.8 Å². The Labute approximate surface area is 424 Å². The van der Waals surface area contributed by atoms with Crippen molar-refractivity contribution in [3.8, 4) is 0 Å². The molecule has 2 amide bonds. The number of hydrogen-bond donors (Lipinski definition) is 3. The van der Waals surface area contributed by atoms with Gasteiger partial charge in [0, 0.05) is 107 Å². The summed E-state index contributed by atoms with van der Waals surface area (Å²) in [7, 11) is -9.32. The quantitative estimate of drug-likeness (QED) is 0.0617. The number of hydrogen-bond acceptors (Lipinski definition) is 12. The number of nitrogens with one attached hydrogen (secondary N) is 3. The second-order valence-electron chi connectivity index (χ2n) is 19.7. The van der Waals surface area contributed by atoms with Crippen LogP contribution in [0.4, 0.5) is 24.5 Å². The maximum absolute atomic E-state index is 14.3. The first-order chi connectivity index (χ1) is 33.7. The predicted molar refractivity (Wildman–Crippen MR) is 278 cm³/mol. The van der Waals surface area contributed by atoms with Gasteiger partial charge >= 0.3 is 5.51 Å². The minimum Gasteiger partial charge on any atom is -0.380 e. The van der Waals surface area contributed by atoms with Gasteiger partial charge in [0.15, 0.2) is 0 Å². The van der Waals surface area contributed by atoms with Gasteiger partial charge in [0.05, 0.1) is 10.6 Å². The van der Waals surface area contributed by atoms with Crippen LogP contribution in [0.5, 0.6) is 0 Å². The number of rotatable bonds is 23. The summed E-state index contributed by atoms with van der Waals surface area (Å²) in [5.74, 6) is -0.670. The molecule has 3 N–H and O–H groups in total. The molecule has 0 saturated carbocycles. The Morgan fingerprint density at radius 1 is 0.831 bits per heavy atom. The molecule has 2 saturated heterocycles. The number of alkyl halides is 3. The molecular weight excluding hydrogens is 972 g/mol. The SMILES string of the molecule is C=C(CC)CCC1=C(CN2CCN(c3ccc(C(=O)NS(=O)(=O)c4ccc(N[C@H](CCN5CCN(CCCC(=O)NC)CC5)CSc5ccccc5)c(S(=O)(=O)C(F)(F)F)c4)cc3)CC2)CCC(C)(C)C1. The zero-order valence-electron chi connectivity index (χ0n) is 41.7. The number of piperazine rings is 2. The number of benzene rings is 3. The number of carbonyl (C=O) groups excluding carboxylic acids is 2. The van der Waals surface area contributed by atoms with Crippen molar-refractivity contribution in [3.05, 3.63) is 102 Å². The number of halogens is 3. The Morgan fingerprint density at radius 2 is 1.48 bits per heavy atom. The van der Waals surface area contributed by atoms with E-state index in [1.54, 1.807) is 30.3 Å². The lowest BCUT2D eigenvalue weighted by Gasteiger charge is -2.39. The standard InChI is InChI=1S/C52H72F3N7O6S3/c1-6-39(2)14-15-41-36-51(3,4)24-22-42(41)37-61-31-33-62(34-32-61)44-18-16-40(17-19-44)50(64)58-71(67,68)46-20-21-47(48(35-46)70(65,66)52(53,54)55)57-43(38-69-45-11-8-7-9-12-45)23-26-60-29-27-59(28-30-60)25-10-13-49(63)56-5/h7-9,11-12,16-21,35,43,57H,2,6,10,13-15,22-34,36-38H2,1,3-5H3,(H,56,63)(H,58,64)/t43-/m1/s1. The number of amides is 2. The van der Waals surface area contributed by atoms with E-state index in [1.165, 1.54) is 35.9 Å². The van der Waals surface area contributed by atoms with E-state index in [2.05, 4.69) is 57.6 Å². The van der Waals surface area contributed by atoms with Crippen molar-refractivity contribution < 1.29 is 39.6 Å². The van der Waals surface area contributed by atoms with Gasteiger partial charge in [-0.3, -0.25) is 14.5 Å². The Kier molecular flexibility index (Phi) is 19.7. The monoisotopic (exact) mass is 1040 g/mol. The highest BCUT2D eigenvalue weighted by molar-refractivity contribution is 7.99. The largest absolute Gasteiger partial charge is 0.501 e. The number of sulfone groups is 1. The first-order valence-corrected chi connectivity index (χ1v) is 28.7. The van der Waals surface area contributed by atoms with Gasteiger partial charge in [-0.05, 0) is 118 Å². The van der Waals surface area contributed by atoms with Gasteiger partial charge in [0.25, 0.3) is 25.8 Å². The zero-order chi connectivity index (χ0) is 51.4. The second kappa shape index (κ2) is 25.0. The van der Waals surface area contributed by atoms with Crippen LogP contribution in [0.1, 0.15) is 88.9 Å². The fourth-order valence-electron chi connectivity index (χ4n) is 9.35. The highest BCUT2D eigenvalue weighted by Crippen LogP contribution is 2.41. The minimum atomic E-state index is -6.08. The molecule has 1 atom stereocenters. The summed E-state index contributed by atoms with van der Waals surface area (Å²) in [6.45, 7) is 19.7. The molecule has 0 bridgehead atoms. The number of nitrogens with zero attached hydrogens (tertiary/aromatic N) is 4. The molecule has 0 aromatic heterocycles. The lowest BCUT2D eigenvalue weighted by atomic mass is 9.73. The van der Waals surface area contributed by atoms with E-state index >= 15 is 0 Å². The van der Waals surface area contributed by atoms with Crippen molar-refractivity contribution in [1.29, 1.82) is 0 Å². The molecule has 3 aromatic rings. The summed E-state index contributed by atoms with van der Waals surface area (Å²) in [4.78, 5) is 33.1. The average molecular weight is 1040 g/mol. The van der Waals surface area contributed by atoms with E-state index < -0.39 is 52.8 Å². The van der Waals surface area contributed by atoms with Crippen LogP contribution >= 0.6 is 11.8 Å². The normalized spacial score (nSPS) is 18.0. The molecule has 0 radical (unpaired) electrons. The molecule has 3 aliphatic rings. The van der Waals surface area contributed by atoms with Gasteiger partial charge < -0.3 is 25.3 Å². The van der Waals surface area contributed by atoms with Gasteiger partial charge in [-0.15, -0.1) is 11.8 Å². The summed E-state index contributed by atoms with van der Waals surface area (Å²) >= 11 is 1.45. The summed E-state index contributed by atoms with van der Waals surface area (Å²) in [6, 6.07) is 17.8. The van der Waals surface area contributed by atoms with Crippen LogP contribution in [-0.2, 0) is 24.7 Å². The molecule has 0 spiro atoms. The third-order valence-electron chi connectivity index (χ3n) is 13.9. The van der Waals surface area contributed by atoms with Crippen molar-refractivity contribution in [2.75, 3.05) is 95.0 Å². The van der Waals surface area contributed by atoms with Crippen LogP contribution in [0.2, 0.25) is 0 Å². The molecule has 71 heavy (non-hydrogen) atoms. The second-order valence-corrected chi connectivity index (χ2v) is 24.4. The van der Waals surface area contributed by atoms with Crippen molar-refractivity contribution in [2.24, 2.45) is 5.41 Å². The van der Waals surface area contributed by atoms with Crippen LogP contribution in [-0.4, -0.2) is 140 Å². The zero-order valence-corrected chi connectivity index (χ0v) is 44.1. The van der Waals surface area contributed by atoms with Gasteiger partial charge in [-0.25, -0.2) is 21.6 Å². The highest BCUT2D eigenvalue weighted by Gasteiger charge is 2.48. The predicted octanol–water partition coefficient (Wildman–Crippen LogP) is 8.58. The highest BCUT2D eigenvalue weighted by atomic mass is 32.2. The fourth-order valence-corrected chi connectivity index (χ4v) is 12.4. The summed E-state index contributed by atoms with van der Waals surface area (Å²) < 4.78 is 98.6. The van der Waals surface area contributed by atoms with Gasteiger partial charge in [-0.1, -0.05) is 62.3 Å². The van der Waals surface area contributed by atoms with Crippen LogP contribution < -0.4 is 20.3 Å². The number of allylic oxidation sites excluding steroid dienone is 2. The average Bonchev–Trinajstić information content (AvgIpc) is 3.35. The fraction of sp³-hybridized carbons (Fsp3) is 0.538. The molecule has 1 aliphatic carbocycles. The van der Waals surface area contributed by atoms with E-state index in [1.807, 2.05) is 35.1 Å². The number of sulfonamides is 1. The van der Waals surface area contributed by atoms with Crippen LogP contribution in [0.3, 0.4) is 0 Å². The summed E-state index contributed by atoms with van der Waals surface area (Å²) in [5, 5.41) is 5.66. The van der Waals surface area contributed by atoms with Gasteiger partial charge in [-0.2, -0.15) is 13.2 Å². The smallest absolute Gasteiger partial charge is 0.380 e. The lowest BCUT2D eigenvalue weighted by molar-refractivity contribution is -0.120. The number of anilines is 2. The van der Waals surface area contributed by atoms with E-state index in [4.69, 9.17) is 0 Å². The molecule has 2 fully saturated rings. The molecule has 6 rings (SSSR count). The first kappa shape index (κ1) is 55.9. The third-order valence-corrected chi connectivity index (χ3v) is 17.9. The number of carbonyl (C=O) groups is 2. The Bertz CT molecular complexity index is 2540. The van der Waals surface area contributed by atoms with E-state index in [-0.39, 0.29) is 11.5 Å². The summed E-state index contributed by atoms with van der Waals surface area (Å²) in [5.41, 5.74) is -0.574. The first-order valence-electron chi connectivity index (χ1n) is 24.7. The molecule has 19 heteroatoms. The van der Waals surface area contributed by atoms with Crippen molar-refractivity contribution in [1.82, 2.24) is 24.7 Å². The van der Waals surface area contributed by atoms with Crippen molar-refractivity contribution in [3.63, 3.8) is 0 Å². The van der Waals surface area contributed by atoms with Crippen molar-refractivity contribution in [2.45, 2.75) is 105 Å². The van der Waals surface area contributed by atoms with E-state index in [0.29, 0.717) is 36.6 Å². The topological polar surface area (TPSA) is 151 Å². The molecular formula is C52H72F3N7O6S3. The molecule has 2 heterocycles. The third kappa shape index (κ3) is 16.0. The van der Waals surface area contributed by atoms with Crippen LogP contribution in [0.25, 0.3) is 0 Å². The molecule has 13 nitrogen and oxygen atoms in total. The van der Waals surface area contributed by atoms with Crippen LogP contribution in [0.15, 0.2) is 111 Å². The molecule has 390 valence electrons. The maximum atomic E-state index is 14.3. The Morgan fingerprint density at radius 3 is 2.11 bits per heavy atom. The van der Waals surface area contributed by atoms with Gasteiger partial charge in [0.1, 0.15) is 4.90 Å². The van der Waals surface area contributed by atoms with E-state index in [9.17, 15) is 39.6 Å². The maximum Gasteiger partial charge on any atom is 0.501 e.